The minimum atomic E-state index is -3.54. The maximum absolute atomic E-state index is 12.8. The predicted molar refractivity (Wildman–Crippen MR) is 81.8 cm³/mol. The fourth-order valence-corrected chi connectivity index (χ4v) is 4.62. The van der Waals surface area contributed by atoms with Gasteiger partial charge in [0.15, 0.2) is 5.03 Å². The van der Waals surface area contributed by atoms with E-state index in [1.54, 1.807) is 35.2 Å². The fraction of sp³-hybridized carbons (Fsp3) is 0.571. The molecule has 8 heteroatoms. The summed E-state index contributed by atoms with van der Waals surface area (Å²) < 4.78 is 31.0. The van der Waals surface area contributed by atoms with Gasteiger partial charge in [-0.2, -0.15) is 4.31 Å². The Balaban J connectivity index is 1.87. The van der Waals surface area contributed by atoms with E-state index in [-0.39, 0.29) is 11.1 Å². The van der Waals surface area contributed by atoms with Gasteiger partial charge in [-0.05, 0) is 26.7 Å². The Labute approximate surface area is 130 Å². The summed E-state index contributed by atoms with van der Waals surface area (Å²) in [5.74, 6) is 1.60. The maximum atomic E-state index is 12.8. The third kappa shape index (κ3) is 2.56. The van der Waals surface area contributed by atoms with Gasteiger partial charge in [0.1, 0.15) is 11.6 Å². The van der Waals surface area contributed by atoms with Crippen molar-refractivity contribution >= 4 is 10.0 Å². The molecule has 1 saturated heterocycles. The summed E-state index contributed by atoms with van der Waals surface area (Å²) in [5.41, 5.74) is 0. The molecule has 2 aromatic rings. The Morgan fingerprint density at radius 2 is 2.09 bits per heavy atom. The molecule has 120 valence electrons. The van der Waals surface area contributed by atoms with Crippen LogP contribution in [0.5, 0.6) is 0 Å². The molecule has 3 rings (SSSR count). The third-order valence-electron chi connectivity index (χ3n) is 4.31. The number of rotatable bonds is 4. The van der Waals surface area contributed by atoms with E-state index < -0.39 is 10.0 Å². The summed E-state index contributed by atoms with van der Waals surface area (Å²) >= 11 is 0. The molecule has 7 nitrogen and oxygen atoms in total. The van der Waals surface area contributed by atoms with Crippen LogP contribution in [0.4, 0.5) is 0 Å². The number of imidazole rings is 2. The highest BCUT2D eigenvalue weighted by molar-refractivity contribution is 7.89. The average molecular weight is 323 g/mol. The molecule has 0 radical (unpaired) electrons. The van der Waals surface area contributed by atoms with Gasteiger partial charge in [0, 0.05) is 44.8 Å². The lowest BCUT2D eigenvalue weighted by Crippen LogP contribution is -2.38. The fourth-order valence-electron chi connectivity index (χ4n) is 2.90. The van der Waals surface area contributed by atoms with Crippen LogP contribution in [0.2, 0.25) is 0 Å². The first kappa shape index (κ1) is 15.2. The van der Waals surface area contributed by atoms with Crippen molar-refractivity contribution in [3.8, 4) is 0 Å². The molecule has 0 aromatic carbocycles. The van der Waals surface area contributed by atoms with Gasteiger partial charge in [-0.25, -0.2) is 18.4 Å². The highest BCUT2D eigenvalue weighted by Crippen LogP contribution is 2.26. The standard InChI is InChI=1S/C14H21N5O2S/c1-11-15-6-8-18(11)9-13-5-4-7-19(13)22(20,21)14-10-17(3)12(2)16-14/h6,8,10,13H,4-5,7,9H2,1-3H3/t13-/m0/s1. The summed E-state index contributed by atoms with van der Waals surface area (Å²) in [5, 5.41) is 0.141. The second kappa shape index (κ2) is 5.51. The first-order chi connectivity index (χ1) is 10.4. The molecule has 0 saturated carbocycles. The molecule has 22 heavy (non-hydrogen) atoms. The lowest BCUT2D eigenvalue weighted by Gasteiger charge is -2.23. The van der Waals surface area contributed by atoms with E-state index >= 15 is 0 Å². The van der Waals surface area contributed by atoms with Gasteiger partial charge in [-0.15, -0.1) is 0 Å². The molecular weight excluding hydrogens is 302 g/mol. The summed E-state index contributed by atoms with van der Waals surface area (Å²) in [6, 6.07) is -0.0415. The van der Waals surface area contributed by atoms with Crippen LogP contribution in [-0.2, 0) is 23.6 Å². The molecule has 0 bridgehead atoms. The van der Waals surface area contributed by atoms with Crippen LogP contribution in [0.25, 0.3) is 0 Å². The summed E-state index contributed by atoms with van der Waals surface area (Å²) in [6.45, 7) is 4.92. The topological polar surface area (TPSA) is 73.0 Å². The zero-order chi connectivity index (χ0) is 15.9. The molecular formula is C14H21N5O2S. The van der Waals surface area contributed by atoms with Gasteiger partial charge in [-0.3, -0.25) is 0 Å². The van der Waals surface area contributed by atoms with Crippen molar-refractivity contribution in [2.24, 2.45) is 7.05 Å². The van der Waals surface area contributed by atoms with E-state index in [1.807, 2.05) is 17.7 Å². The second-order valence-electron chi connectivity index (χ2n) is 5.78. The lowest BCUT2D eigenvalue weighted by atomic mass is 10.2. The van der Waals surface area contributed by atoms with E-state index in [9.17, 15) is 8.42 Å². The van der Waals surface area contributed by atoms with E-state index in [4.69, 9.17) is 0 Å². The van der Waals surface area contributed by atoms with Crippen molar-refractivity contribution in [2.75, 3.05) is 6.54 Å². The molecule has 2 aromatic heterocycles. The van der Waals surface area contributed by atoms with Crippen molar-refractivity contribution in [3.63, 3.8) is 0 Å². The predicted octanol–water partition coefficient (Wildman–Crippen LogP) is 1.09. The van der Waals surface area contributed by atoms with E-state index in [0.29, 0.717) is 18.9 Å². The van der Waals surface area contributed by atoms with Crippen LogP contribution in [0, 0.1) is 13.8 Å². The number of hydrogen-bond acceptors (Lipinski definition) is 4. The van der Waals surface area contributed by atoms with E-state index in [0.717, 1.165) is 18.7 Å². The number of aromatic nitrogens is 4. The Morgan fingerprint density at radius 3 is 2.68 bits per heavy atom. The van der Waals surface area contributed by atoms with Gasteiger partial charge in [-0.1, -0.05) is 0 Å². The smallest absolute Gasteiger partial charge is 0.262 e. The second-order valence-corrected chi connectivity index (χ2v) is 7.61. The normalized spacial score (nSPS) is 19.9. The van der Waals surface area contributed by atoms with Gasteiger partial charge < -0.3 is 9.13 Å². The molecule has 1 aliphatic rings. The minimum absolute atomic E-state index is 0.0415. The zero-order valence-electron chi connectivity index (χ0n) is 13.1. The van der Waals surface area contributed by atoms with Gasteiger partial charge >= 0.3 is 0 Å². The maximum Gasteiger partial charge on any atom is 0.262 e. The van der Waals surface area contributed by atoms with E-state index in [1.165, 1.54) is 0 Å². The quantitative estimate of drug-likeness (QED) is 0.844. The molecule has 0 N–H and O–H groups in total. The van der Waals surface area contributed by atoms with Crippen molar-refractivity contribution in [3.05, 3.63) is 30.2 Å². The first-order valence-corrected chi connectivity index (χ1v) is 8.83. The van der Waals surface area contributed by atoms with Crippen LogP contribution in [-0.4, -0.2) is 44.4 Å². The molecule has 0 unspecified atom stereocenters. The largest absolute Gasteiger partial charge is 0.337 e. The minimum Gasteiger partial charge on any atom is -0.337 e. The molecule has 0 amide bonds. The Bertz CT molecular complexity index is 758. The molecule has 1 fully saturated rings. The Hall–Kier alpha value is -1.67. The van der Waals surface area contributed by atoms with Gasteiger partial charge in [0.25, 0.3) is 10.0 Å². The third-order valence-corrected chi connectivity index (χ3v) is 6.14. The number of nitrogens with zero attached hydrogens (tertiary/aromatic N) is 5. The lowest BCUT2D eigenvalue weighted by molar-refractivity contribution is 0.349. The SMILES string of the molecule is Cc1nc(S(=O)(=O)N2CCC[C@H]2Cn2ccnc2C)cn1C. The zero-order valence-corrected chi connectivity index (χ0v) is 13.9. The molecule has 0 aliphatic carbocycles. The monoisotopic (exact) mass is 323 g/mol. The average Bonchev–Trinajstić information content (AvgIpc) is 3.15. The highest BCUT2D eigenvalue weighted by Gasteiger charge is 2.37. The van der Waals surface area contributed by atoms with Crippen LogP contribution < -0.4 is 0 Å². The summed E-state index contributed by atoms with van der Waals surface area (Å²) in [4.78, 5) is 8.39. The number of aryl methyl sites for hydroxylation is 3. The van der Waals surface area contributed by atoms with Crippen molar-refractivity contribution < 1.29 is 8.42 Å². The first-order valence-electron chi connectivity index (χ1n) is 7.39. The van der Waals surface area contributed by atoms with Crippen LogP contribution in [0.1, 0.15) is 24.5 Å². The Kier molecular flexibility index (Phi) is 3.82. The highest BCUT2D eigenvalue weighted by atomic mass is 32.2. The number of hydrogen-bond donors (Lipinski definition) is 0. The molecule has 0 spiro atoms. The van der Waals surface area contributed by atoms with Gasteiger partial charge in [0.05, 0.1) is 0 Å². The molecule has 1 aliphatic heterocycles. The Morgan fingerprint density at radius 1 is 1.32 bits per heavy atom. The van der Waals surface area contributed by atoms with Crippen LogP contribution in [0.15, 0.2) is 23.6 Å². The van der Waals surface area contributed by atoms with Crippen molar-refractivity contribution in [2.45, 2.75) is 44.3 Å². The van der Waals surface area contributed by atoms with Crippen LogP contribution in [0.3, 0.4) is 0 Å². The summed E-state index contributed by atoms with van der Waals surface area (Å²) in [6.07, 6.45) is 6.96. The van der Waals surface area contributed by atoms with E-state index in [2.05, 4.69) is 9.97 Å². The molecule has 3 heterocycles. The van der Waals surface area contributed by atoms with Crippen LogP contribution >= 0.6 is 0 Å². The van der Waals surface area contributed by atoms with Crippen molar-refractivity contribution in [1.82, 2.24) is 23.4 Å². The summed E-state index contributed by atoms with van der Waals surface area (Å²) in [7, 11) is -1.73. The molecule has 1 atom stereocenters. The van der Waals surface area contributed by atoms with Gasteiger partial charge in [0.2, 0.25) is 0 Å². The van der Waals surface area contributed by atoms with Crippen molar-refractivity contribution in [1.29, 1.82) is 0 Å². The number of sulfonamides is 1.